The Balaban J connectivity index is 1.92. The third-order valence-electron chi connectivity index (χ3n) is 4.99. The molecule has 0 aromatic heterocycles. The van der Waals surface area contributed by atoms with Crippen LogP contribution in [0.5, 0.6) is 0 Å². The minimum atomic E-state index is -0.103. The second kappa shape index (κ2) is 8.21. The van der Waals surface area contributed by atoms with Crippen molar-refractivity contribution in [2.24, 2.45) is 5.10 Å². The second-order valence-corrected chi connectivity index (χ2v) is 7.01. The van der Waals surface area contributed by atoms with Crippen LogP contribution in [0.15, 0.2) is 65.3 Å². The summed E-state index contributed by atoms with van der Waals surface area (Å²) in [5.41, 5.74) is 3.75. The Morgan fingerprint density at radius 2 is 1.63 bits per heavy atom. The Morgan fingerprint density at radius 3 is 2.19 bits per heavy atom. The molecule has 0 radical (unpaired) electrons. The number of carbonyl (C=O) groups is 1. The summed E-state index contributed by atoms with van der Waals surface area (Å²) in [6.07, 6.45) is 4.21. The number of hydrogen-bond donors (Lipinski definition) is 0. The molecule has 1 aliphatic heterocycles. The number of hydrazone groups is 1. The third-order valence-corrected chi connectivity index (χ3v) is 4.99. The van der Waals surface area contributed by atoms with Crippen LogP contribution in [0.2, 0.25) is 0 Å². The average Bonchev–Trinajstić information content (AvgIpc) is 3.01. The van der Waals surface area contributed by atoms with E-state index in [2.05, 4.69) is 43.2 Å². The molecule has 1 amide bonds. The van der Waals surface area contributed by atoms with Gasteiger partial charge in [-0.05, 0) is 48.1 Å². The summed E-state index contributed by atoms with van der Waals surface area (Å²) in [5, 5.41) is 6.02. The van der Waals surface area contributed by atoms with Crippen LogP contribution in [0.4, 0.5) is 5.69 Å². The molecular weight excluding hydrogens is 334 g/mol. The van der Waals surface area contributed by atoms with Crippen LogP contribution < -0.4 is 5.01 Å². The maximum absolute atomic E-state index is 13.0. The second-order valence-electron chi connectivity index (χ2n) is 7.01. The van der Waals surface area contributed by atoms with Gasteiger partial charge in [0, 0.05) is 14.1 Å². The van der Waals surface area contributed by atoms with Gasteiger partial charge in [0.2, 0.25) is 0 Å². The lowest BCUT2D eigenvalue weighted by molar-refractivity contribution is -0.114. The van der Waals surface area contributed by atoms with Crippen molar-refractivity contribution in [2.45, 2.75) is 32.6 Å². The van der Waals surface area contributed by atoms with Gasteiger partial charge in [-0.3, -0.25) is 4.79 Å². The van der Waals surface area contributed by atoms with E-state index in [4.69, 9.17) is 0 Å². The Hall–Kier alpha value is -2.88. The standard InChI is InChI=1S/C23H27N3O/c1-5-18(6-2)19-14-12-17(13-15-19)16-21-22(25(3)4)24-26(23(21)27)20-10-8-7-9-11-20/h7-16,18H,5-6H2,1-4H3/b21-16-. The van der Waals surface area contributed by atoms with E-state index in [1.807, 2.05) is 55.4 Å². The molecule has 1 aliphatic rings. The number of amidine groups is 1. The molecule has 0 N–H and O–H groups in total. The molecular formula is C23H27N3O. The van der Waals surface area contributed by atoms with Crippen LogP contribution in [0.3, 0.4) is 0 Å². The van der Waals surface area contributed by atoms with E-state index < -0.39 is 0 Å². The van der Waals surface area contributed by atoms with Crippen LogP contribution in [0, 0.1) is 0 Å². The summed E-state index contributed by atoms with van der Waals surface area (Å²) in [5.74, 6) is 1.16. The van der Waals surface area contributed by atoms with Crippen LogP contribution >= 0.6 is 0 Å². The fraction of sp³-hybridized carbons (Fsp3) is 0.304. The van der Waals surface area contributed by atoms with E-state index in [1.54, 1.807) is 0 Å². The molecule has 0 fully saturated rings. The van der Waals surface area contributed by atoms with E-state index in [0.29, 0.717) is 17.3 Å². The first-order chi connectivity index (χ1) is 13.0. The first-order valence-corrected chi connectivity index (χ1v) is 9.52. The van der Waals surface area contributed by atoms with Crippen LogP contribution in [-0.4, -0.2) is 30.7 Å². The summed E-state index contributed by atoms with van der Waals surface area (Å²) < 4.78 is 0. The quantitative estimate of drug-likeness (QED) is 0.711. The lowest BCUT2D eigenvalue weighted by atomic mass is 9.93. The summed E-state index contributed by atoms with van der Waals surface area (Å²) >= 11 is 0. The number of hydrogen-bond acceptors (Lipinski definition) is 3. The van der Waals surface area contributed by atoms with Crippen molar-refractivity contribution in [1.82, 2.24) is 4.90 Å². The fourth-order valence-electron chi connectivity index (χ4n) is 3.40. The number of nitrogens with zero attached hydrogens (tertiary/aromatic N) is 3. The Labute approximate surface area is 161 Å². The maximum Gasteiger partial charge on any atom is 0.282 e. The number of benzene rings is 2. The lowest BCUT2D eigenvalue weighted by Gasteiger charge is -2.13. The van der Waals surface area contributed by atoms with Gasteiger partial charge in [0.05, 0.1) is 11.3 Å². The van der Waals surface area contributed by atoms with Gasteiger partial charge in [-0.15, -0.1) is 5.10 Å². The predicted octanol–water partition coefficient (Wildman–Crippen LogP) is 4.90. The van der Waals surface area contributed by atoms with Crippen LogP contribution in [-0.2, 0) is 4.79 Å². The topological polar surface area (TPSA) is 35.9 Å². The molecule has 2 aromatic rings. The number of para-hydroxylation sites is 1. The fourth-order valence-corrected chi connectivity index (χ4v) is 3.40. The van der Waals surface area contributed by atoms with Gasteiger partial charge in [0.25, 0.3) is 5.91 Å². The third kappa shape index (κ3) is 3.95. The molecule has 4 nitrogen and oxygen atoms in total. The van der Waals surface area contributed by atoms with Crippen LogP contribution in [0.25, 0.3) is 6.08 Å². The zero-order chi connectivity index (χ0) is 19.4. The number of anilines is 1. The zero-order valence-corrected chi connectivity index (χ0v) is 16.5. The maximum atomic E-state index is 13.0. The largest absolute Gasteiger partial charge is 0.361 e. The SMILES string of the molecule is CCC(CC)c1ccc(/C=C2\C(=O)N(c3ccccc3)N=C2N(C)C)cc1. The molecule has 1 heterocycles. The molecule has 0 unspecified atom stereocenters. The Kier molecular flexibility index (Phi) is 5.75. The molecule has 3 rings (SSSR count). The van der Waals surface area contributed by atoms with Crippen molar-refractivity contribution < 1.29 is 4.79 Å². The van der Waals surface area contributed by atoms with E-state index >= 15 is 0 Å². The van der Waals surface area contributed by atoms with E-state index in [1.165, 1.54) is 10.6 Å². The predicted molar refractivity (Wildman–Crippen MR) is 113 cm³/mol. The number of carbonyl (C=O) groups excluding carboxylic acids is 1. The molecule has 2 aromatic carbocycles. The number of likely N-dealkylation sites (N-methyl/N-ethyl adjacent to an activating group) is 1. The van der Waals surface area contributed by atoms with Crippen molar-refractivity contribution in [2.75, 3.05) is 19.1 Å². The molecule has 27 heavy (non-hydrogen) atoms. The van der Waals surface area contributed by atoms with Gasteiger partial charge in [0.15, 0.2) is 5.84 Å². The lowest BCUT2D eigenvalue weighted by Crippen LogP contribution is -2.24. The molecule has 0 saturated carbocycles. The Morgan fingerprint density at radius 1 is 1.00 bits per heavy atom. The monoisotopic (exact) mass is 361 g/mol. The van der Waals surface area contributed by atoms with Gasteiger partial charge in [-0.2, -0.15) is 5.01 Å². The van der Waals surface area contributed by atoms with Crippen molar-refractivity contribution >= 4 is 23.5 Å². The zero-order valence-electron chi connectivity index (χ0n) is 16.5. The highest BCUT2D eigenvalue weighted by Gasteiger charge is 2.32. The molecule has 0 spiro atoms. The van der Waals surface area contributed by atoms with Crippen molar-refractivity contribution in [1.29, 1.82) is 0 Å². The highest BCUT2D eigenvalue weighted by molar-refractivity contribution is 6.31. The molecule has 0 saturated heterocycles. The van der Waals surface area contributed by atoms with Gasteiger partial charge in [0.1, 0.15) is 0 Å². The first kappa shape index (κ1) is 18.9. The van der Waals surface area contributed by atoms with Gasteiger partial charge in [-0.25, -0.2) is 0 Å². The molecule has 0 aliphatic carbocycles. The van der Waals surface area contributed by atoms with Gasteiger partial charge in [-0.1, -0.05) is 56.3 Å². The van der Waals surface area contributed by atoms with E-state index in [9.17, 15) is 4.79 Å². The minimum Gasteiger partial charge on any atom is -0.361 e. The summed E-state index contributed by atoms with van der Waals surface area (Å²) in [7, 11) is 3.81. The summed E-state index contributed by atoms with van der Waals surface area (Å²) in [4.78, 5) is 14.9. The van der Waals surface area contributed by atoms with Gasteiger partial charge >= 0.3 is 0 Å². The highest BCUT2D eigenvalue weighted by atomic mass is 16.2. The molecule has 0 bridgehead atoms. The van der Waals surface area contributed by atoms with E-state index in [-0.39, 0.29) is 5.91 Å². The molecule has 0 atom stereocenters. The molecule has 140 valence electrons. The van der Waals surface area contributed by atoms with Crippen molar-refractivity contribution in [3.05, 3.63) is 71.3 Å². The van der Waals surface area contributed by atoms with Crippen molar-refractivity contribution in [3.63, 3.8) is 0 Å². The smallest absolute Gasteiger partial charge is 0.282 e. The summed E-state index contributed by atoms with van der Waals surface area (Å²) in [6.45, 7) is 4.44. The number of amides is 1. The van der Waals surface area contributed by atoms with Crippen LogP contribution in [0.1, 0.15) is 43.7 Å². The van der Waals surface area contributed by atoms with E-state index in [0.717, 1.165) is 24.1 Å². The average molecular weight is 361 g/mol. The van der Waals surface area contributed by atoms with Crippen molar-refractivity contribution in [3.8, 4) is 0 Å². The number of rotatable bonds is 5. The Bertz CT molecular complexity index is 847. The molecule has 4 heteroatoms. The van der Waals surface area contributed by atoms with Gasteiger partial charge < -0.3 is 4.90 Å². The first-order valence-electron chi connectivity index (χ1n) is 9.52. The summed E-state index contributed by atoms with van der Waals surface area (Å²) in [6, 6.07) is 18.1. The highest BCUT2D eigenvalue weighted by Crippen LogP contribution is 2.27. The normalized spacial score (nSPS) is 15.6. The minimum absolute atomic E-state index is 0.103.